The van der Waals surface area contributed by atoms with Crippen LogP contribution in [0.4, 0.5) is 5.69 Å². The number of carbonyl (C=O) groups excluding carboxylic acids is 2. The number of ether oxygens (including phenoxy) is 2. The van der Waals surface area contributed by atoms with Gasteiger partial charge in [0.1, 0.15) is 13.2 Å². The number of hydrogen-bond donors (Lipinski definition) is 3. The minimum absolute atomic E-state index is 0.00938. The molecule has 0 spiro atoms. The molecule has 4 rings (SSSR count). The average Bonchev–Trinajstić information content (AvgIpc) is 2.71. The van der Waals surface area contributed by atoms with Gasteiger partial charge in [-0.15, -0.1) is 4.83 Å². The second kappa shape index (κ2) is 7.13. The maximum Gasteiger partial charge on any atom is 0.266 e. The van der Waals surface area contributed by atoms with Gasteiger partial charge in [0.05, 0.1) is 4.90 Å². The highest BCUT2D eigenvalue weighted by molar-refractivity contribution is 7.89. The molecule has 0 aliphatic carbocycles. The van der Waals surface area contributed by atoms with Crippen molar-refractivity contribution in [2.75, 3.05) is 18.5 Å². The lowest BCUT2D eigenvalue weighted by Crippen LogP contribution is -2.41. The van der Waals surface area contributed by atoms with Crippen LogP contribution in [0, 0.1) is 0 Å². The second-order valence-corrected chi connectivity index (χ2v) is 7.97. The molecule has 2 amide bonds. The Morgan fingerprint density at radius 1 is 1.00 bits per heavy atom. The first-order valence-electron chi connectivity index (χ1n) is 8.57. The van der Waals surface area contributed by atoms with E-state index in [1.54, 1.807) is 6.07 Å². The number of hydrogen-bond acceptors (Lipinski definition) is 6. The van der Waals surface area contributed by atoms with Crippen LogP contribution in [-0.4, -0.2) is 33.4 Å². The van der Waals surface area contributed by atoms with Gasteiger partial charge in [-0.1, -0.05) is 0 Å². The third-order valence-electron chi connectivity index (χ3n) is 4.39. The van der Waals surface area contributed by atoms with E-state index in [-0.39, 0.29) is 16.4 Å². The minimum atomic E-state index is -3.98. The van der Waals surface area contributed by atoms with Gasteiger partial charge in [-0.3, -0.25) is 15.0 Å². The lowest BCUT2D eigenvalue weighted by molar-refractivity contribution is -0.116. The summed E-state index contributed by atoms with van der Waals surface area (Å²) in [5.41, 5.74) is 3.73. The first-order valence-corrected chi connectivity index (χ1v) is 10.1. The fourth-order valence-electron chi connectivity index (χ4n) is 2.96. The Morgan fingerprint density at radius 3 is 2.61 bits per heavy atom. The summed E-state index contributed by atoms with van der Waals surface area (Å²) in [5, 5.41) is 2.69. The molecule has 0 atom stereocenters. The third-order valence-corrected chi connectivity index (χ3v) is 5.63. The van der Waals surface area contributed by atoms with Gasteiger partial charge in [-0.2, -0.15) is 0 Å². The fourth-order valence-corrected chi connectivity index (χ4v) is 3.85. The van der Waals surface area contributed by atoms with Crippen molar-refractivity contribution in [2.24, 2.45) is 0 Å². The molecular formula is C18H17N3O6S. The zero-order chi connectivity index (χ0) is 19.7. The molecule has 0 radical (unpaired) electrons. The van der Waals surface area contributed by atoms with Crippen LogP contribution in [0.15, 0.2) is 41.3 Å². The number of amides is 2. The van der Waals surface area contributed by atoms with Crippen molar-refractivity contribution < 1.29 is 27.5 Å². The summed E-state index contributed by atoms with van der Waals surface area (Å²) in [7, 11) is -3.98. The van der Waals surface area contributed by atoms with Crippen molar-refractivity contribution in [3.8, 4) is 11.5 Å². The van der Waals surface area contributed by atoms with Crippen LogP contribution in [0.3, 0.4) is 0 Å². The van der Waals surface area contributed by atoms with E-state index in [4.69, 9.17) is 9.47 Å². The molecule has 10 heteroatoms. The molecular weight excluding hydrogens is 386 g/mol. The Morgan fingerprint density at radius 2 is 1.79 bits per heavy atom. The topological polar surface area (TPSA) is 123 Å². The van der Waals surface area contributed by atoms with Gasteiger partial charge in [0.15, 0.2) is 11.5 Å². The Kier molecular flexibility index (Phi) is 4.65. The van der Waals surface area contributed by atoms with Gasteiger partial charge < -0.3 is 14.8 Å². The van der Waals surface area contributed by atoms with Crippen molar-refractivity contribution in [3.05, 3.63) is 47.5 Å². The number of nitrogens with one attached hydrogen (secondary N) is 3. The molecule has 2 aliphatic heterocycles. The molecule has 0 saturated carbocycles. The lowest BCUT2D eigenvalue weighted by atomic mass is 10.0. The van der Waals surface area contributed by atoms with Crippen molar-refractivity contribution in [2.45, 2.75) is 17.7 Å². The molecule has 3 N–H and O–H groups in total. The Labute approximate surface area is 161 Å². The summed E-state index contributed by atoms with van der Waals surface area (Å²) in [4.78, 5) is 25.8. The van der Waals surface area contributed by atoms with Gasteiger partial charge >= 0.3 is 0 Å². The second-order valence-electron chi connectivity index (χ2n) is 6.29. The highest BCUT2D eigenvalue weighted by Crippen LogP contribution is 2.30. The highest BCUT2D eigenvalue weighted by Gasteiger charge is 2.21. The number of carbonyl (C=O) groups is 2. The summed E-state index contributed by atoms with van der Waals surface area (Å²) >= 11 is 0. The molecule has 28 heavy (non-hydrogen) atoms. The molecule has 0 fully saturated rings. The van der Waals surface area contributed by atoms with Gasteiger partial charge in [0, 0.05) is 17.7 Å². The lowest BCUT2D eigenvalue weighted by Gasteiger charge is -2.19. The smallest absolute Gasteiger partial charge is 0.266 e. The van der Waals surface area contributed by atoms with Gasteiger partial charge in [-0.25, -0.2) is 8.42 Å². The summed E-state index contributed by atoms with van der Waals surface area (Å²) < 4.78 is 35.8. The van der Waals surface area contributed by atoms with Crippen LogP contribution in [0.5, 0.6) is 11.5 Å². The highest BCUT2D eigenvalue weighted by atomic mass is 32.2. The van der Waals surface area contributed by atoms with Crippen molar-refractivity contribution in [1.82, 2.24) is 10.3 Å². The number of anilines is 1. The molecule has 0 saturated heterocycles. The van der Waals surface area contributed by atoms with E-state index in [0.29, 0.717) is 43.2 Å². The molecule has 0 bridgehead atoms. The van der Waals surface area contributed by atoms with Crippen LogP contribution in [-0.2, 0) is 21.2 Å². The number of benzene rings is 2. The predicted octanol–water partition coefficient (Wildman–Crippen LogP) is 0.966. The van der Waals surface area contributed by atoms with E-state index in [9.17, 15) is 18.0 Å². The maximum absolute atomic E-state index is 12.5. The minimum Gasteiger partial charge on any atom is -0.486 e. The van der Waals surface area contributed by atoms with Gasteiger partial charge in [-0.05, 0) is 48.4 Å². The van der Waals surface area contributed by atoms with Crippen LogP contribution in [0.1, 0.15) is 22.3 Å². The Hall–Kier alpha value is -3.11. The summed E-state index contributed by atoms with van der Waals surface area (Å²) in [6.45, 7) is 0.812. The molecule has 9 nitrogen and oxygen atoms in total. The Balaban J connectivity index is 1.46. The maximum atomic E-state index is 12.5. The molecule has 2 heterocycles. The first-order chi connectivity index (χ1) is 13.4. The summed E-state index contributed by atoms with van der Waals surface area (Å²) in [5.74, 6) is 0.224. The van der Waals surface area contributed by atoms with Crippen LogP contribution >= 0.6 is 0 Å². The zero-order valence-corrected chi connectivity index (χ0v) is 15.5. The van der Waals surface area contributed by atoms with E-state index < -0.39 is 15.9 Å². The third kappa shape index (κ3) is 3.64. The SMILES string of the molecule is O=C1CCc2cc(S(=O)(=O)NNC(=O)c3ccc4c(c3)OCCO4)ccc2N1. The van der Waals surface area contributed by atoms with Gasteiger partial charge in [0.2, 0.25) is 5.91 Å². The van der Waals surface area contributed by atoms with Crippen LogP contribution < -0.4 is 25.0 Å². The van der Waals surface area contributed by atoms with E-state index in [1.165, 1.54) is 30.3 Å². The molecule has 2 aromatic rings. The monoisotopic (exact) mass is 403 g/mol. The van der Waals surface area contributed by atoms with E-state index in [1.807, 2.05) is 0 Å². The first kappa shape index (κ1) is 18.3. The van der Waals surface area contributed by atoms with E-state index in [0.717, 1.165) is 5.56 Å². The van der Waals surface area contributed by atoms with Crippen molar-refractivity contribution in [1.29, 1.82) is 0 Å². The molecule has 2 aliphatic rings. The van der Waals surface area contributed by atoms with Gasteiger partial charge in [0.25, 0.3) is 15.9 Å². The quantitative estimate of drug-likeness (QED) is 0.654. The predicted molar refractivity (Wildman–Crippen MR) is 98.6 cm³/mol. The number of rotatable bonds is 4. The molecule has 0 unspecified atom stereocenters. The largest absolute Gasteiger partial charge is 0.486 e. The number of aryl methyl sites for hydroxylation is 1. The van der Waals surface area contributed by atoms with Crippen LogP contribution in [0.25, 0.3) is 0 Å². The summed E-state index contributed by atoms with van der Waals surface area (Å²) in [6.07, 6.45) is 0.749. The number of hydrazine groups is 1. The standard InChI is InChI=1S/C18H17N3O6S/c22-17-6-2-11-9-13(3-4-14(11)19-17)28(24,25)21-20-18(23)12-1-5-15-16(10-12)27-8-7-26-15/h1,3-5,9-10,21H,2,6-8H2,(H,19,22)(H,20,23). The normalized spacial score (nSPS) is 15.4. The zero-order valence-electron chi connectivity index (χ0n) is 14.7. The Bertz CT molecular complexity index is 1070. The molecule has 146 valence electrons. The van der Waals surface area contributed by atoms with Crippen LogP contribution in [0.2, 0.25) is 0 Å². The summed E-state index contributed by atoms with van der Waals surface area (Å²) in [6, 6.07) is 8.97. The van der Waals surface area contributed by atoms with Crippen molar-refractivity contribution in [3.63, 3.8) is 0 Å². The van der Waals surface area contributed by atoms with Crippen molar-refractivity contribution >= 4 is 27.5 Å². The number of fused-ring (bicyclic) bond motifs is 2. The van der Waals surface area contributed by atoms with E-state index in [2.05, 4.69) is 15.6 Å². The number of sulfonamides is 1. The molecule has 0 aromatic heterocycles. The molecule has 2 aromatic carbocycles. The van der Waals surface area contributed by atoms with E-state index >= 15 is 0 Å². The average molecular weight is 403 g/mol. The fraction of sp³-hybridized carbons (Fsp3) is 0.222.